The van der Waals surface area contributed by atoms with Crippen molar-refractivity contribution in [1.29, 1.82) is 0 Å². The van der Waals surface area contributed by atoms with E-state index in [4.69, 9.17) is 0 Å². The molecule has 84 valence electrons. The molecule has 4 heteroatoms. The van der Waals surface area contributed by atoms with Crippen molar-refractivity contribution in [3.63, 3.8) is 0 Å². The van der Waals surface area contributed by atoms with E-state index in [2.05, 4.69) is 16.0 Å². The lowest BCUT2D eigenvalue weighted by Gasteiger charge is -2.26. The van der Waals surface area contributed by atoms with Crippen molar-refractivity contribution in [2.45, 2.75) is 45.0 Å². The third kappa shape index (κ3) is 3.92. The van der Waals surface area contributed by atoms with E-state index in [1.54, 1.807) is 0 Å². The van der Waals surface area contributed by atoms with Crippen LogP contribution in [0.5, 0.6) is 0 Å². The van der Waals surface area contributed by atoms with Gasteiger partial charge in [0.25, 0.3) is 0 Å². The first-order chi connectivity index (χ1) is 6.86. The largest absolute Gasteiger partial charge is 0.377 e. The molecule has 2 aliphatic heterocycles. The summed E-state index contributed by atoms with van der Waals surface area (Å²) in [6.45, 7) is 7.10. The highest BCUT2D eigenvalue weighted by Crippen LogP contribution is 2.07. The van der Waals surface area contributed by atoms with Crippen molar-refractivity contribution in [2.75, 3.05) is 19.6 Å². The fraction of sp³-hybridized carbons (Fsp3) is 1.00. The van der Waals surface area contributed by atoms with Crippen LogP contribution in [0.2, 0.25) is 0 Å². The van der Waals surface area contributed by atoms with E-state index in [1.165, 1.54) is 0 Å². The van der Waals surface area contributed by atoms with Gasteiger partial charge in [-0.05, 0) is 25.9 Å². The molecule has 2 atom stereocenters. The van der Waals surface area contributed by atoms with Crippen molar-refractivity contribution < 1.29 is 5.11 Å². The Morgan fingerprint density at radius 2 is 1.86 bits per heavy atom. The van der Waals surface area contributed by atoms with Gasteiger partial charge in [0.15, 0.2) is 0 Å². The van der Waals surface area contributed by atoms with Crippen LogP contribution in [0.1, 0.15) is 26.7 Å². The molecule has 2 rings (SSSR count). The summed E-state index contributed by atoms with van der Waals surface area (Å²) in [6.07, 6.45) is 1.92. The van der Waals surface area contributed by atoms with Gasteiger partial charge in [0.05, 0.1) is 6.04 Å². The van der Waals surface area contributed by atoms with E-state index >= 15 is 0 Å². The van der Waals surface area contributed by atoms with Gasteiger partial charge in [-0.15, -0.1) is 0 Å². The zero-order chi connectivity index (χ0) is 10.4. The van der Waals surface area contributed by atoms with Crippen LogP contribution >= 0.6 is 0 Å². The maximum atomic E-state index is 9.55. The van der Waals surface area contributed by atoms with Crippen LogP contribution in [0.25, 0.3) is 0 Å². The van der Waals surface area contributed by atoms with Gasteiger partial charge in [-0.2, -0.15) is 0 Å². The van der Waals surface area contributed by atoms with Crippen LogP contribution in [0.3, 0.4) is 0 Å². The third-order valence-electron chi connectivity index (χ3n) is 2.57. The molecule has 0 aliphatic carbocycles. The average Bonchev–Trinajstić information content (AvgIpc) is 3.05. The summed E-state index contributed by atoms with van der Waals surface area (Å²) in [7, 11) is 0. The molecular formula is C10H23N3O. The molecule has 2 aliphatic rings. The molecule has 2 fully saturated rings. The smallest absolute Gasteiger partial charge is 0.121 e. The van der Waals surface area contributed by atoms with Crippen LogP contribution in [0.15, 0.2) is 0 Å². The number of hydrogen-bond donors (Lipinski definition) is 4. The maximum Gasteiger partial charge on any atom is 0.121 e. The van der Waals surface area contributed by atoms with Gasteiger partial charge in [-0.1, -0.05) is 13.8 Å². The number of rotatable bonds is 3. The summed E-state index contributed by atoms with van der Waals surface area (Å²) in [5.41, 5.74) is 0. The molecule has 0 aromatic rings. The molecule has 0 aromatic carbocycles. The van der Waals surface area contributed by atoms with E-state index in [1.807, 2.05) is 13.8 Å². The minimum Gasteiger partial charge on any atom is -0.377 e. The molecule has 14 heavy (non-hydrogen) atoms. The van der Waals surface area contributed by atoms with Gasteiger partial charge >= 0.3 is 0 Å². The first-order valence-electron chi connectivity index (χ1n) is 5.74. The summed E-state index contributed by atoms with van der Waals surface area (Å²) >= 11 is 0. The second-order valence-corrected chi connectivity index (χ2v) is 3.65. The first kappa shape index (κ1) is 11.9. The molecule has 0 saturated carbocycles. The molecule has 2 heterocycles. The summed E-state index contributed by atoms with van der Waals surface area (Å²) in [4.78, 5) is 0. The van der Waals surface area contributed by atoms with E-state index < -0.39 is 0 Å². The normalized spacial score (nSPS) is 28.9. The van der Waals surface area contributed by atoms with Crippen molar-refractivity contribution >= 4 is 0 Å². The highest BCUT2D eigenvalue weighted by Gasteiger charge is 2.30. The number of hydrogen-bond acceptors (Lipinski definition) is 4. The lowest BCUT2D eigenvalue weighted by atomic mass is 10.1. The Labute approximate surface area is 86.5 Å². The van der Waals surface area contributed by atoms with Crippen LogP contribution < -0.4 is 16.0 Å². The van der Waals surface area contributed by atoms with Gasteiger partial charge in [-0.25, -0.2) is 0 Å². The average molecular weight is 201 g/mol. The van der Waals surface area contributed by atoms with Crippen molar-refractivity contribution in [1.82, 2.24) is 16.0 Å². The topological polar surface area (TPSA) is 66.2 Å². The Hall–Kier alpha value is -0.160. The molecule has 0 amide bonds. The Bertz CT molecular complexity index is 144. The fourth-order valence-corrected chi connectivity index (χ4v) is 1.64. The standard InChI is InChI=1S/C8H17N3O.C2H6/c12-8(7-5-10-7)11-6-1-3-9-4-2-6;1-2/h6-12H,1-5H2;1-2H3. The second kappa shape index (κ2) is 6.35. The molecule has 4 nitrogen and oxygen atoms in total. The van der Waals surface area contributed by atoms with Crippen LogP contribution in [0, 0.1) is 0 Å². The Balaban J connectivity index is 0.000000461. The van der Waals surface area contributed by atoms with E-state index in [9.17, 15) is 5.11 Å². The highest BCUT2D eigenvalue weighted by atomic mass is 16.3. The van der Waals surface area contributed by atoms with Gasteiger partial charge in [-0.3, -0.25) is 5.32 Å². The highest BCUT2D eigenvalue weighted by molar-refractivity contribution is 4.90. The van der Waals surface area contributed by atoms with Gasteiger partial charge in [0, 0.05) is 12.6 Å². The molecule has 0 spiro atoms. The first-order valence-corrected chi connectivity index (χ1v) is 5.74. The number of aliphatic hydroxyl groups is 1. The van der Waals surface area contributed by atoms with Crippen LogP contribution in [0.4, 0.5) is 0 Å². The van der Waals surface area contributed by atoms with Crippen LogP contribution in [-0.2, 0) is 0 Å². The minimum absolute atomic E-state index is 0.305. The lowest BCUT2D eigenvalue weighted by molar-refractivity contribution is 0.113. The van der Waals surface area contributed by atoms with Crippen molar-refractivity contribution in [2.24, 2.45) is 0 Å². The number of piperidine rings is 1. The SMILES string of the molecule is CC.OC(NC1CCNCC1)C1CN1. The summed E-state index contributed by atoms with van der Waals surface area (Å²) in [5.74, 6) is 0. The Morgan fingerprint density at radius 1 is 1.29 bits per heavy atom. The van der Waals surface area contributed by atoms with Crippen LogP contribution in [-0.4, -0.2) is 43.1 Å². The molecular weight excluding hydrogens is 178 g/mol. The number of aliphatic hydroxyl groups excluding tert-OH is 1. The molecule has 2 unspecified atom stereocenters. The van der Waals surface area contributed by atoms with Gasteiger partial charge in [0.1, 0.15) is 6.23 Å². The monoisotopic (exact) mass is 201 g/mol. The van der Waals surface area contributed by atoms with Crippen molar-refractivity contribution in [3.05, 3.63) is 0 Å². The van der Waals surface area contributed by atoms with Crippen molar-refractivity contribution in [3.8, 4) is 0 Å². The third-order valence-corrected chi connectivity index (χ3v) is 2.57. The van der Waals surface area contributed by atoms with Gasteiger partial charge in [0.2, 0.25) is 0 Å². The summed E-state index contributed by atoms with van der Waals surface area (Å²) in [6, 6.07) is 0.809. The van der Waals surface area contributed by atoms with E-state index in [-0.39, 0.29) is 6.23 Å². The molecule has 2 saturated heterocycles. The predicted molar refractivity (Wildman–Crippen MR) is 58.2 cm³/mol. The van der Waals surface area contributed by atoms with E-state index in [0.717, 1.165) is 32.5 Å². The lowest BCUT2D eigenvalue weighted by Crippen LogP contribution is -2.47. The predicted octanol–water partition coefficient (Wildman–Crippen LogP) is -0.356. The molecule has 0 aromatic heterocycles. The van der Waals surface area contributed by atoms with Gasteiger partial charge < -0.3 is 15.7 Å². The maximum absolute atomic E-state index is 9.55. The zero-order valence-corrected chi connectivity index (χ0v) is 9.21. The molecule has 4 N–H and O–H groups in total. The summed E-state index contributed by atoms with van der Waals surface area (Å²) in [5, 5.41) is 19.2. The Kier molecular flexibility index (Phi) is 5.40. The molecule has 0 radical (unpaired) electrons. The zero-order valence-electron chi connectivity index (χ0n) is 9.21. The second-order valence-electron chi connectivity index (χ2n) is 3.65. The summed E-state index contributed by atoms with van der Waals surface area (Å²) < 4.78 is 0. The quantitative estimate of drug-likeness (QED) is 0.372. The Morgan fingerprint density at radius 3 is 2.36 bits per heavy atom. The fourth-order valence-electron chi connectivity index (χ4n) is 1.64. The minimum atomic E-state index is -0.340. The molecule has 0 bridgehead atoms. The number of nitrogens with one attached hydrogen (secondary N) is 3. The van der Waals surface area contributed by atoms with E-state index in [0.29, 0.717) is 12.1 Å².